The molecule has 92 valence electrons. The Morgan fingerprint density at radius 2 is 1.81 bits per heavy atom. The molecular formula is C13H23NO2. The summed E-state index contributed by atoms with van der Waals surface area (Å²) in [4.78, 5) is 12.6. The highest BCUT2D eigenvalue weighted by atomic mass is 16.5. The van der Waals surface area contributed by atoms with Crippen molar-refractivity contribution in [2.45, 2.75) is 44.9 Å². The molecule has 0 amide bonds. The lowest BCUT2D eigenvalue weighted by molar-refractivity contribution is -0.137. The first-order chi connectivity index (χ1) is 7.78. The molecule has 1 aliphatic heterocycles. The van der Waals surface area contributed by atoms with Gasteiger partial charge < -0.3 is 10.5 Å². The van der Waals surface area contributed by atoms with Crippen LogP contribution in [0.2, 0.25) is 0 Å². The van der Waals surface area contributed by atoms with Crippen molar-refractivity contribution in [3.05, 3.63) is 0 Å². The normalized spacial score (nSPS) is 26.6. The van der Waals surface area contributed by atoms with Crippen LogP contribution < -0.4 is 5.73 Å². The molecule has 0 aromatic carbocycles. The zero-order chi connectivity index (χ0) is 11.4. The van der Waals surface area contributed by atoms with Crippen LogP contribution in [-0.4, -0.2) is 25.5 Å². The number of nitrogens with two attached hydrogens (primary N) is 1. The van der Waals surface area contributed by atoms with E-state index < -0.39 is 0 Å². The second-order valence-electron chi connectivity index (χ2n) is 5.30. The minimum atomic E-state index is -0.180. The van der Waals surface area contributed by atoms with Gasteiger partial charge in [-0.15, -0.1) is 0 Å². The lowest BCUT2D eigenvalue weighted by atomic mass is 9.67. The first-order valence-electron chi connectivity index (χ1n) is 6.61. The van der Waals surface area contributed by atoms with Gasteiger partial charge in [-0.25, -0.2) is 0 Å². The van der Waals surface area contributed by atoms with Crippen molar-refractivity contribution < 1.29 is 9.53 Å². The Hall–Kier alpha value is -0.410. The highest BCUT2D eigenvalue weighted by Crippen LogP contribution is 2.39. The monoisotopic (exact) mass is 225 g/mol. The topological polar surface area (TPSA) is 52.3 Å². The van der Waals surface area contributed by atoms with E-state index in [-0.39, 0.29) is 11.3 Å². The van der Waals surface area contributed by atoms with E-state index >= 15 is 0 Å². The van der Waals surface area contributed by atoms with E-state index in [1.54, 1.807) is 0 Å². The molecular weight excluding hydrogens is 202 g/mol. The van der Waals surface area contributed by atoms with Gasteiger partial charge in [-0.1, -0.05) is 19.3 Å². The molecule has 0 atom stereocenters. The fourth-order valence-electron chi connectivity index (χ4n) is 3.17. The van der Waals surface area contributed by atoms with Crippen molar-refractivity contribution in [1.82, 2.24) is 0 Å². The molecule has 0 radical (unpaired) electrons. The van der Waals surface area contributed by atoms with Gasteiger partial charge in [0, 0.05) is 31.1 Å². The van der Waals surface area contributed by atoms with Gasteiger partial charge in [0.05, 0.1) is 0 Å². The van der Waals surface area contributed by atoms with Crippen LogP contribution in [-0.2, 0) is 9.53 Å². The molecule has 0 aromatic heterocycles. The van der Waals surface area contributed by atoms with Gasteiger partial charge in [0.1, 0.15) is 5.78 Å². The fourth-order valence-corrected chi connectivity index (χ4v) is 3.17. The lowest BCUT2D eigenvalue weighted by Crippen LogP contribution is -2.44. The molecule has 16 heavy (non-hydrogen) atoms. The Balaban J connectivity index is 2.04. The Kier molecular flexibility index (Phi) is 3.98. The van der Waals surface area contributed by atoms with Crippen molar-refractivity contribution in [2.24, 2.45) is 17.1 Å². The second-order valence-corrected chi connectivity index (χ2v) is 5.30. The third-order valence-electron chi connectivity index (χ3n) is 4.32. The minimum Gasteiger partial charge on any atom is -0.381 e. The van der Waals surface area contributed by atoms with E-state index in [4.69, 9.17) is 10.5 Å². The van der Waals surface area contributed by atoms with Crippen LogP contribution in [0, 0.1) is 11.3 Å². The van der Waals surface area contributed by atoms with E-state index in [0.717, 1.165) is 38.9 Å². The van der Waals surface area contributed by atoms with E-state index in [1.165, 1.54) is 19.3 Å². The number of hydrogen-bond donors (Lipinski definition) is 1. The van der Waals surface area contributed by atoms with Gasteiger partial charge in [-0.05, 0) is 25.7 Å². The maximum atomic E-state index is 12.6. The van der Waals surface area contributed by atoms with Crippen molar-refractivity contribution in [2.75, 3.05) is 19.8 Å². The molecule has 1 saturated carbocycles. The lowest BCUT2D eigenvalue weighted by Gasteiger charge is -2.38. The Labute approximate surface area is 97.7 Å². The Morgan fingerprint density at radius 3 is 2.38 bits per heavy atom. The van der Waals surface area contributed by atoms with Crippen molar-refractivity contribution in [3.8, 4) is 0 Å². The van der Waals surface area contributed by atoms with Gasteiger partial charge >= 0.3 is 0 Å². The molecule has 0 unspecified atom stereocenters. The van der Waals surface area contributed by atoms with E-state index in [1.807, 2.05) is 0 Å². The third kappa shape index (κ3) is 2.30. The smallest absolute Gasteiger partial charge is 0.143 e. The van der Waals surface area contributed by atoms with Crippen molar-refractivity contribution >= 4 is 5.78 Å². The van der Waals surface area contributed by atoms with Gasteiger partial charge in [0.2, 0.25) is 0 Å². The number of carbonyl (C=O) groups excluding carboxylic acids is 1. The van der Waals surface area contributed by atoms with Crippen LogP contribution in [0.25, 0.3) is 0 Å². The summed E-state index contributed by atoms with van der Waals surface area (Å²) in [6.07, 6.45) is 7.45. The van der Waals surface area contributed by atoms with Gasteiger partial charge in [-0.2, -0.15) is 0 Å². The third-order valence-corrected chi connectivity index (χ3v) is 4.32. The number of ketones is 1. The summed E-state index contributed by atoms with van der Waals surface area (Å²) in [5.74, 6) is 0.661. The first kappa shape index (κ1) is 12.1. The van der Waals surface area contributed by atoms with E-state index in [0.29, 0.717) is 12.3 Å². The van der Waals surface area contributed by atoms with Crippen LogP contribution >= 0.6 is 0 Å². The quantitative estimate of drug-likeness (QED) is 0.798. The molecule has 0 spiro atoms. The zero-order valence-electron chi connectivity index (χ0n) is 10.0. The van der Waals surface area contributed by atoms with Gasteiger partial charge in [-0.3, -0.25) is 4.79 Å². The predicted octanol–water partition coefficient (Wildman–Crippen LogP) is 1.89. The molecule has 2 N–H and O–H groups in total. The molecule has 3 heteroatoms. The molecule has 2 aliphatic rings. The predicted molar refractivity (Wildman–Crippen MR) is 63.1 cm³/mol. The number of hydrogen-bond acceptors (Lipinski definition) is 3. The van der Waals surface area contributed by atoms with Gasteiger partial charge in [0.25, 0.3) is 0 Å². The Morgan fingerprint density at radius 1 is 1.19 bits per heavy atom. The molecule has 1 heterocycles. The standard InChI is InChI=1S/C13H23NO2/c14-10-13(6-2-1-3-7-13)12(15)11-4-8-16-9-5-11/h11H,1-10,14H2. The zero-order valence-corrected chi connectivity index (χ0v) is 10.0. The molecule has 1 aliphatic carbocycles. The average molecular weight is 225 g/mol. The van der Waals surface area contributed by atoms with Crippen LogP contribution in [0.15, 0.2) is 0 Å². The van der Waals surface area contributed by atoms with Crippen LogP contribution in [0.5, 0.6) is 0 Å². The van der Waals surface area contributed by atoms with Gasteiger partial charge in [0.15, 0.2) is 0 Å². The summed E-state index contributed by atoms with van der Waals surface area (Å²) < 4.78 is 5.32. The van der Waals surface area contributed by atoms with E-state index in [9.17, 15) is 4.79 Å². The average Bonchev–Trinajstić information content (AvgIpc) is 2.39. The fraction of sp³-hybridized carbons (Fsp3) is 0.923. The SMILES string of the molecule is NCC1(C(=O)C2CCOCC2)CCCCC1. The van der Waals surface area contributed by atoms with Crippen LogP contribution in [0.3, 0.4) is 0 Å². The van der Waals surface area contributed by atoms with E-state index in [2.05, 4.69) is 0 Å². The molecule has 2 rings (SSSR count). The number of carbonyl (C=O) groups is 1. The second kappa shape index (κ2) is 5.28. The van der Waals surface area contributed by atoms with Crippen LogP contribution in [0.4, 0.5) is 0 Å². The molecule has 3 nitrogen and oxygen atoms in total. The molecule has 0 bridgehead atoms. The summed E-state index contributed by atoms with van der Waals surface area (Å²) in [5, 5.41) is 0. The molecule has 2 fully saturated rings. The van der Waals surface area contributed by atoms with Crippen molar-refractivity contribution in [1.29, 1.82) is 0 Å². The number of rotatable bonds is 3. The molecule has 0 aromatic rings. The summed E-state index contributed by atoms with van der Waals surface area (Å²) in [6, 6.07) is 0. The van der Waals surface area contributed by atoms with Crippen LogP contribution in [0.1, 0.15) is 44.9 Å². The largest absolute Gasteiger partial charge is 0.381 e. The minimum absolute atomic E-state index is 0.180. The number of Topliss-reactive ketones (excluding diaryl/α,β-unsaturated/α-hetero) is 1. The summed E-state index contributed by atoms with van der Waals surface area (Å²) >= 11 is 0. The first-order valence-corrected chi connectivity index (χ1v) is 6.61. The highest BCUT2D eigenvalue weighted by Gasteiger charge is 2.41. The molecule has 1 saturated heterocycles. The highest BCUT2D eigenvalue weighted by molar-refractivity contribution is 5.87. The summed E-state index contributed by atoms with van der Waals surface area (Å²) in [6.45, 7) is 2.04. The maximum Gasteiger partial charge on any atom is 0.143 e. The van der Waals surface area contributed by atoms with Crippen molar-refractivity contribution in [3.63, 3.8) is 0 Å². The number of ether oxygens (including phenoxy) is 1. The maximum absolute atomic E-state index is 12.6. The Bertz CT molecular complexity index is 240. The summed E-state index contributed by atoms with van der Waals surface area (Å²) in [7, 11) is 0. The summed E-state index contributed by atoms with van der Waals surface area (Å²) in [5.41, 5.74) is 5.71.